The Kier molecular flexibility index (Phi) is 4.50. The van der Waals surface area contributed by atoms with Crippen molar-refractivity contribution in [3.05, 3.63) is 17.7 Å². The molecule has 0 aliphatic rings. The number of aryl methyl sites for hydroxylation is 1. The van der Waals surface area contributed by atoms with Gasteiger partial charge in [-0.3, -0.25) is 4.68 Å². The minimum atomic E-state index is -0.225. The van der Waals surface area contributed by atoms with Gasteiger partial charge in [0.1, 0.15) is 0 Å². The van der Waals surface area contributed by atoms with E-state index < -0.39 is 0 Å². The highest BCUT2D eigenvalue weighted by atomic mass is 19.1. The van der Waals surface area contributed by atoms with Crippen molar-refractivity contribution in [1.29, 1.82) is 0 Å². The van der Waals surface area contributed by atoms with E-state index in [-0.39, 0.29) is 5.82 Å². The molecular formula is C8H15FN2. The van der Waals surface area contributed by atoms with Crippen LogP contribution < -0.4 is 0 Å². The van der Waals surface area contributed by atoms with Crippen molar-refractivity contribution >= 4 is 0 Å². The summed E-state index contributed by atoms with van der Waals surface area (Å²) >= 11 is 0. The summed E-state index contributed by atoms with van der Waals surface area (Å²) in [5.41, 5.74) is 0.609. The van der Waals surface area contributed by atoms with Gasteiger partial charge in [-0.05, 0) is 13.8 Å². The van der Waals surface area contributed by atoms with E-state index >= 15 is 0 Å². The van der Waals surface area contributed by atoms with Crippen molar-refractivity contribution < 1.29 is 4.39 Å². The SMILES string of the molecule is CC.CCn1ncc(F)c1C. The van der Waals surface area contributed by atoms with E-state index in [0.717, 1.165) is 6.54 Å². The van der Waals surface area contributed by atoms with E-state index in [2.05, 4.69) is 5.10 Å². The summed E-state index contributed by atoms with van der Waals surface area (Å²) in [7, 11) is 0. The number of hydrogen-bond donors (Lipinski definition) is 0. The predicted octanol–water partition coefficient (Wildman–Crippen LogP) is 2.38. The Bertz CT molecular complexity index is 206. The Morgan fingerprint density at radius 1 is 1.55 bits per heavy atom. The topological polar surface area (TPSA) is 17.8 Å². The number of rotatable bonds is 1. The zero-order valence-corrected chi connectivity index (χ0v) is 7.56. The van der Waals surface area contributed by atoms with E-state index in [1.165, 1.54) is 6.20 Å². The van der Waals surface area contributed by atoms with Crippen LogP contribution in [0.2, 0.25) is 0 Å². The fourth-order valence-corrected chi connectivity index (χ4v) is 0.743. The molecule has 0 amide bonds. The molecule has 0 saturated carbocycles. The molecule has 0 bridgehead atoms. The second kappa shape index (κ2) is 4.88. The van der Waals surface area contributed by atoms with E-state index in [1.54, 1.807) is 11.6 Å². The minimum absolute atomic E-state index is 0.225. The largest absolute Gasteiger partial charge is 0.267 e. The van der Waals surface area contributed by atoms with Crippen molar-refractivity contribution in [2.75, 3.05) is 0 Å². The van der Waals surface area contributed by atoms with Gasteiger partial charge in [0.05, 0.1) is 11.9 Å². The van der Waals surface area contributed by atoms with Crippen molar-refractivity contribution in [3.8, 4) is 0 Å². The molecule has 0 radical (unpaired) electrons. The minimum Gasteiger partial charge on any atom is -0.267 e. The molecule has 1 heterocycles. The Morgan fingerprint density at radius 3 is 2.27 bits per heavy atom. The number of halogens is 1. The zero-order valence-electron chi connectivity index (χ0n) is 7.56. The second-order valence-corrected chi connectivity index (χ2v) is 1.89. The van der Waals surface area contributed by atoms with Gasteiger partial charge in [0.2, 0.25) is 0 Å². The third-order valence-electron chi connectivity index (χ3n) is 1.34. The summed E-state index contributed by atoms with van der Waals surface area (Å²) in [5, 5.41) is 3.78. The molecule has 0 unspecified atom stereocenters. The molecule has 3 heteroatoms. The first-order valence-corrected chi connectivity index (χ1v) is 3.93. The van der Waals surface area contributed by atoms with Gasteiger partial charge >= 0.3 is 0 Å². The monoisotopic (exact) mass is 158 g/mol. The molecule has 0 spiro atoms. The van der Waals surface area contributed by atoms with Crippen LogP contribution in [-0.2, 0) is 6.54 Å². The Hall–Kier alpha value is -0.860. The van der Waals surface area contributed by atoms with Crippen molar-refractivity contribution in [2.45, 2.75) is 34.2 Å². The number of aromatic nitrogens is 2. The van der Waals surface area contributed by atoms with Gasteiger partial charge in [-0.1, -0.05) is 13.8 Å². The summed E-state index contributed by atoms with van der Waals surface area (Å²) in [5.74, 6) is -0.225. The molecule has 1 aromatic heterocycles. The van der Waals surface area contributed by atoms with Crippen molar-refractivity contribution in [2.24, 2.45) is 0 Å². The van der Waals surface area contributed by atoms with E-state index in [4.69, 9.17) is 0 Å². The Labute approximate surface area is 67.0 Å². The van der Waals surface area contributed by atoms with Crippen LogP contribution in [-0.4, -0.2) is 9.78 Å². The fourth-order valence-electron chi connectivity index (χ4n) is 0.743. The molecule has 0 aliphatic carbocycles. The van der Waals surface area contributed by atoms with Gasteiger partial charge in [-0.25, -0.2) is 4.39 Å². The first-order valence-electron chi connectivity index (χ1n) is 3.93. The molecule has 0 saturated heterocycles. The van der Waals surface area contributed by atoms with Crippen LogP contribution >= 0.6 is 0 Å². The maximum absolute atomic E-state index is 12.4. The molecule has 64 valence electrons. The molecule has 1 rings (SSSR count). The van der Waals surface area contributed by atoms with Gasteiger partial charge < -0.3 is 0 Å². The first kappa shape index (κ1) is 10.1. The third kappa shape index (κ3) is 2.33. The zero-order chi connectivity index (χ0) is 8.85. The van der Waals surface area contributed by atoms with E-state index in [1.807, 2.05) is 20.8 Å². The highest BCUT2D eigenvalue weighted by Gasteiger charge is 2.01. The average molecular weight is 158 g/mol. The summed E-state index contributed by atoms with van der Waals surface area (Å²) in [6, 6.07) is 0. The molecule has 0 aromatic carbocycles. The van der Waals surface area contributed by atoms with E-state index in [0.29, 0.717) is 5.69 Å². The second-order valence-electron chi connectivity index (χ2n) is 1.89. The average Bonchev–Trinajstić information content (AvgIpc) is 2.37. The van der Waals surface area contributed by atoms with E-state index in [9.17, 15) is 4.39 Å². The molecule has 1 aromatic rings. The highest BCUT2D eigenvalue weighted by Crippen LogP contribution is 2.02. The number of nitrogens with zero attached hydrogens (tertiary/aromatic N) is 2. The molecule has 0 N–H and O–H groups in total. The standard InChI is InChI=1S/C6H9FN2.C2H6/c1-3-9-5(2)6(7)4-8-9;1-2/h4H,3H2,1-2H3;1-2H3. The Morgan fingerprint density at radius 2 is 2.09 bits per heavy atom. The van der Waals surface area contributed by atoms with Gasteiger partial charge in [-0.2, -0.15) is 5.10 Å². The predicted molar refractivity (Wildman–Crippen MR) is 43.9 cm³/mol. The summed E-state index contributed by atoms with van der Waals surface area (Å²) in [6.07, 6.45) is 1.23. The quantitative estimate of drug-likeness (QED) is 0.613. The fraction of sp³-hybridized carbons (Fsp3) is 0.625. The maximum Gasteiger partial charge on any atom is 0.163 e. The van der Waals surface area contributed by atoms with Gasteiger partial charge in [0.25, 0.3) is 0 Å². The van der Waals surface area contributed by atoms with Crippen LogP contribution in [0.3, 0.4) is 0 Å². The lowest BCUT2D eigenvalue weighted by atomic mass is 10.4. The molecule has 2 nitrogen and oxygen atoms in total. The third-order valence-corrected chi connectivity index (χ3v) is 1.34. The summed E-state index contributed by atoms with van der Waals surface area (Å²) in [4.78, 5) is 0. The normalized spacial score (nSPS) is 8.82. The summed E-state index contributed by atoms with van der Waals surface area (Å²) in [6.45, 7) is 8.38. The Balaban J connectivity index is 0.000000461. The smallest absolute Gasteiger partial charge is 0.163 e. The molecule has 11 heavy (non-hydrogen) atoms. The lowest BCUT2D eigenvalue weighted by molar-refractivity contribution is 0.593. The molecular weight excluding hydrogens is 143 g/mol. The lowest BCUT2D eigenvalue weighted by Gasteiger charge is -1.95. The van der Waals surface area contributed by atoms with Crippen molar-refractivity contribution in [3.63, 3.8) is 0 Å². The highest BCUT2D eigenvalue weighted by molar-refractivity contribution is 5.00. The molecule has 0 fully saturated rings. The molecule has 0 aliphatic heterocycles. The first-order chi connectivity index (χ1) is 5.25. The lowest BCUT2D eigenvalue weighted by Crippen LogP contribution is -1.98. The van der Waals surface area contributed by atoms with Crippen LogP contribution in [0.4, 0.5) is 4.39 Å². The van der Waals surface area contributed by atoms with Crippen LogP contribution in [0, 0.1) is 12.7 Å². The maximum atomic E-state index is 12.4. The van der Waals surface area contributed by atoms with Gasteiger partial charge in [0, 0.05) is 6.54 Å². The molecule has 0 atom stereocenters. The van der Waals surface area contributed by atoms with Crippen LogP contribution in [0.5, 0.6) is 0 Å². The number of hydrogen-bond acceptors (Lipinski definition) is 1. The van der Waals surface area contributed by atoms with Crippen LogP contribution in [0.25, 0.3) is 0 Å². The van der Waals surface area contributed by atoms with Gasteiger partial charge in [0.15, 0.2) is 5.82 Å². The van der Waals surface area contributed by atoms with Crippen LogP contribution in [0.1, 0.15) is 26.5 Å². The van der Waals surface area contributed by atoms with Crippen LogP contribution in [0.15, 0.2) is 6.20 Å². The van der Waals surface area contributed by atoms with Crippen molar-refractivity contribution in [1.82, 2.24) is 9.78 Å². The summed E-state index contributed by atoms with van der Waals surface area (Å²) < 4.78 is 14.1. The van der Waals surface area contributed by atoms with Gasteiger partial charge in [-0.15, -0.1) is 0 Å².